The van der Waals surface area contributed by atoms with Gasteiger partial charge in [0.1, 0.15) is 5.82 Å². The Bertz CT molecular complexity index is 582. The van der Waals surface area contributed by atoms with Gasteiger partial charge in [0.25, 0.3) is 14.2 Å². The highest BCUT2D eigenvalue weighted by Gasteiger charge is 2.30. The fourth-order valence-electron chi connectivity index (χ4n) is 3.09. The van der Waals surface area contributed by atoms with Crippen LogP contribution < -0.4 is 0 Å². The van der Waals surface area contributed by atoms with Crippen molar-refractivity contribution in [3.8, 4) is 0 Å². The van der Waals surface area contributed by atoms with E-state index in [2.05, 4.69) is 10.2 Å². The van der Waals surface area contributed by atoms with Crippen LogP contribution in [0.15, 0.2) is 5.16 Å². The highest BCUT2D eigenvalue weighted by molar-refractivity contribution is 8.13. The first-order valence-electron chi connectivity index (χ1n) is 7.59. The molecule has 2 rings (SSSR count). The van der Waals surface area contributed by atoms with E-state index in [1.54, 1.807) is 4.57 Å². The summed E-state index contributed by atoms with van der Waals surface area (Å²) in [6.45, 7) is 5.83. The smallest absolute Gasteiger partial charge is 0.295 e. The summed E-state index contributed by atoms with van der Waals surface area (Å²) in [5.41, 5.74) is -0.416. The van der Waals surface area contributed by atoms with Crippen LogP contribution in [-0.4, -0.2) is 23.2 Å². The van der Waals surface area contributed by atoms with Crippen molar-refractivity contribution in [1.82, 2.24) is 14.8 Å². The summed E-state index contributed by atoms with van der Waals surface area (Å²) >= 11 is 0. The van der Waals surface area contributed by atoms with Crippen LogP contribution in [-0.2, 0) is 21.0 Å². The molecule has 1 fully saturated rings. The Morgan fingerprint density at radius 3 is 2.19 bits per heavy atom. The van der Waals surface area contributed by atoms with Crippen molar-refractivity contribution in [3.05, 3.63) is 5.82 Å². The molecule has 21 heavy (non-hydrogen) atoms. The monoisotopic (exact) mass is 333 g/mol. The van der Waals surface area contributed by atoms with Gasteiger partial charge in [-0.1, -0.05) is 38.5 Å². The van der Waals surface area contributed by atoms with Gasteiger partial charge < -0.3 is 0 Å². The normalized spacial score (nSPS) is 18.7. The summed E-state index contributed by atoms with van der Waals surface area (Å²) < 4.78 is 25.1. The Morgan fingerprint density at radius 1 is 1.14 bits per heavy atom. The molecule has 0 radical (unpaired) electrons. The second kappa shape index (κ2) is 6.24. The molecule has 0 unspecified atom stereocenters. The molecular weight excluding hydrogens is 310 g/mol. The molecule has 0 N–H and O–H groups in total. The molecule has 1 heterocycles. The van der Waals surface area contributed by atoms with Crippen LogP contribution in [0.4, 0.5) is 0 Å². The lowest BCUT2D eigenvalue weighted by atomic mass is 9.96. The Kier molecular flexibility index (Phi) is 4.98. The van der Waals surface area contributed by atoms with Crippen molar-refractivity contribution in [2.75, 3.05) is 0 Å². The van der Waals surface area contributed by atoms with Crippen LogP contribution in [0.5, 0.6) is 0 Å². The van der Waals surface area contributed by atoms with Crippen LogP contribution in [0.1, 0.15) is 65.1 Å². The molecule has 0 saturated heterocycles. The Balaban J connectivity index is 2.33. The minimum atomic E-state index is -3.88. The maximum absolute atomic E-state index is 11.7. The standard InChI is InChI=1S/C14H24ClN3O2S/c1-14(2,3)18-12(16-17-13(18)21(15,19)20)10-11-8-6-4-5-7-9-11/h11H,4-10H2,1-3H3. The third-order valence-corrected chi connectivity index (χ3v) is 5.15. The maximum Gasteiger partial charge on any atom is 0.296 e. The molecule has 0 bridgehead atoms. The predicted octanol–water partition coefficient (Wildman–Crippen LogP) is 3.47. The molecule has 1 saturated carbocycles. The van der Waals surface area contributed by atoms with Gasteiger partial charge in [-0.05, 0) is 26.7 Å². The summed E-state index contributed by atoms with van der Waals surface area (Å²) in [5.74, 6) is 1.29. The van der Waals surface area contributed by atoms with Gasteiger partial charge in [-0.25, -0.2) is 8.42 Å². The quantitative estimate of drug-likeness (QED) is 0.627. The number of hydrogen-bond donors (Lipinski definition) is 0. The molecule has 1 aromatic heterocycles. The summed E-state index contributed by atoms with van der Waals surface area (Å²) in [7, 11) is 1.62. The average Bonchev–Trinajstić information content (AvgIpc) is 2.60. The summed E-state index contributed by atoms with van der Waals surface area (Å²) in [6, 6.07) is 0. The molecule has 0 spiro atoms. The van der Waals surface area contributed by atoms with E-state index in [-0.39, 0.29) is 5.16 Å². The molecule has 7 heteroatoms. The Hall–Kier alpha value is -0.620. The molecule has 0 atom stereocenters. The molecule has 0 aromatic carbocycles. The van der Waals surface area contributed by atoms with Crippen molar-refractivity contribution in [3.63, 3.8) is 0 Å². The second-order valence-electron chi connectivity index (χ2n) is 6.90. The van der Waals surface area contributed by atoms with E-state index in [0.717, 1.165) is 12.2 Å². The van der Waals surface area contributed by atoms with Gasteiger partial charge in [0.05, 0.1) is 0 Å². The number of aromatic nitrogens is 3. The van der Waals surface area contributed by atoms with E-state index >= 15 is 0 Å². The molecular formula is C14H24ClN3O2S. The van der Waals surface area contributed by atoms with Crippen molar-refractivity contribution in [2.45, 2.75) is 76.4 Å². The van der Waals surface area contributed by atoms with Crippen molar-refractivity contribution in [2.24, 2.45) is 5.92 Å². The van der Waals surface area contributed by atoms with Gasteiger partial charge in [-0.15, -0.1) is 10.2 Å². The fourth-order valence-corrected chi connectivity index (χ4v) is 4.13. The molecule has 1 aromatic rings. The first-order valence-corrected chi connectivity index (χ1v) is 9.90. The van der Waals surface area contributed by atoms with Crippen LogP contribution in [0.3, 0.4) is 0 Å². The van der Waals surface area contributed by atoms with Crippen LogP contribution in [0, 0.1) is 5.92 Å². The number of hydrogen-bond acceptors (Lipinski definition) is 4. The zero-order valence-corrected chi connectivity index (χ0v) is 14.5. The first-order chi connectivity index (χ1) is 9.69. The predicted molar refractivity (Wildman–Crippen MR) is 83.0 cm³/mol. The SMILES string of the molecule is CC(C)(C)n1c(CC2CCCCCC2)nnc1S(=O)(=O)Cl. The molecule has 0 aliphatic heterocycles. The van der Waals surface area contributed by atoms with Crippen LogP contribution >= 0.6 is 10.7 Å². The second-order valence-corrected chi connectivity index (χ2v) is 9.36. The van der Waals surface area contributed by atoms with Crippen molar-refractivity contribution >= 4 is 19.7 Å². The highest BCUT2D eigenvalue weighted by Crippen LogP contribution is 2.29. The lowest BCUT2D eigenvalue weighted by Crippen LogP contribution is -2.28. The highest BCUT2D eigenvalue weighted by atomic mass is 35.7. The lowest BCUT2D eigenvalue weighted by Gasteiger charge is -2.25. The number of nitrogens with zero attached hydrogens (tertiary/aromatic N) is 3. The maximum atomic E-state index is 11.7. The van der Waals surface area contributed by atoms with Gasteiger partial charge >= 0.3 is 0 Å². The topological polar surface area (TPSA) is 64.8 Å². The largest absolute Gasteiger partial charge is 0.296 e. The van der Waals surface area contributed by atoms with Crippen molar-refractivity contribution < 1.29 is 8.42 Å². The first kappa shape index (κ1) is 16.7. The summed E-state index contributed by atoms with van der Waals surface area (Å²) in [5, 5.41) is 7.82. The minimum Gasteiger partial charge on any atom is -0.295 e. The van der Waals surface area contributed by atoms with Crippen molar-refractivity contribution in [1.29, 1.82) is 0 Å². The summed E-state index contributed by atoms with van der Waals surface area (Å²) in [4.78, 5) is 0. The molecule has 5 nitrogen and oxygen atoms in total. The van der Waals surface area contributed by atoms with E-state index in [1.807, 2.05) is 20.8 Å². The molecule has 0 amide bonds. The summed E-state index contributed by atoms with van der Waals surface area (Å²) in [6.07, 6.45) is 8.22. The van der Waals surface area contributed by atoms with Gasteiger partial charge in [-0.3, -0.25) is 4.57 Å². The van der Waals surface area contributed by atoms with E-state index in [9.17, 15) is 8.42 Å². The third-order valence-electron chi connectivity index (χ3n) is 4.04. The van der Waals surface area contributed by atoms with Crippen LogP contribution in [0.2, 0.25) is 0 Å². The molecule has 120 valence electrons. The van der Waals surface area contributed by atoms with Gasteiger partial charge in [0.15, 0.2) is 0 Å². The van der Waals surface area contributed by atoms with E-state index < -0.39 is 14.6 Å². The fraction of sp³-hybridized carbons (Fsp3) is 0.857. The lowest BCUT2D eigenvalue weighted by molar-refractivity contribution is 0.336. The number of rotatable bonds is 3. The van der Waals surface area contributed by atoms with Crippen LogP contribution in [0.25, 0.3) is 0 Å². The zero-order valence-electron chi connectivity index (χ0n) is 13.0. The molecule has 1 aliphatic rings. The average molecular weight is 334 g/mol. The van der Waals surface area contributed by atoms with Gasteiger partial charge in [0.2, 0.25) is 0 Å². The van der Waals surface area contributed by atoms with Gasteiger partial charge in [-0.2, -0.15) is 0 Å². The Labute approximate surface area is 131 Å². The van der Waals surface area contributed by atoms with E-state index in [4.69, 9.17) is 10.7 Å². The van der Waals surface area contributed by atoms with E-state index in [0.29, 0.717) is 5.92 Å². The zero-order chi connectivity index (χ0) is 15.7. The Morgan fingerprint density at radius 2 is 1.71 bits per heavy atom. The van der Waals surface area contributed by atoms with Gasteiger partial charge in [0, 0.05) is 22.6 Å². The minimum absolute atomic E-state index is 0.139. The molecule has 1 aliphatic carbocycles. The third kappa shape index (κ3) is 4.19. The number of halogens is 1. The van der Waals surface area contributed by atoms with E-state index in [1.165, 1.54) is 38.5 Å².